The third-order valence-corrected chi connectivity index (χ3v) is 2.95. The fourth-order valence-corrected chi connectivity index (χ4v) is 2.14. The second-order valence-corrected chi connectivity index (χ2v) is 4.43. The predicted octanol–water partition coefficient (Wildman–Crippen LogP) is 2.13. The van der Waals surface area contributed by atoms with Crippen LogP contribution in [0.5, 0.6) is 0 Å². The summed E-state index contributed by atoms with van der Waals surface area (Å²) in [7, 11) is 0. The first-order valence-corrected chi connectivity index (χ1v) is 5.81. The number of aryl methyl sites for hydroxylation is 2. The maximum Gasteiger partial charge on any atom is 0.255 e. The number of nitrogens with zero attached hydrogens (tertiary/aromatic N) is 4. The van der Waals surface area contributed by atoms with Crippen molar-refractivity contribution in [2.75, 3.05) is 5.73 Å². The second kappa shape index (κ2) is 4.01. The predicted molar refractivity (Wildman–Crippen MR) is 70.1 cm³/mol. The second-order valence-electron chi connectivity index (χ2n) is 4.43. The highest BCUT2D eigenvalue weighted by Crippen LogP contribution is 2.26. The smallest absolute Gasteiger partial charge is 0.255 e. The summed E-state index contributed by atoms with van der Waals surface area (Å²) in [5.41, 5.74) is 8.63. The van der Waals surface area contributed by atoms with Crippen molar-refractivity contribution in [1.29, 1.82) is 0 Å². The first-order chi connectivity index (χ1) is 9.06. The lowest BCUT2D eigenvalue weighted by molar-refractivity contribution is 0.628. The lowest BCUT2D eigenvalue weighted by atomic mass is 10.1. The molecule has 0 aliphatic heterocycles. The molecule has 3 rings (SSSR count). The summed E-state index contributed by atoms with van der Waals surface area (Å²) < 4.78 is 14.9. The third kappa shape index (κ3) is 1.81. The van der Waals surface area contributed by atoms with Crippen LogP contribution in [0.15, 0.2) is 24.3 Å². The number of nitrogen functional groups attached to an aromatic ring is 1. The molecule has 1 aromatic carbocycles. The number of anilines is 1. The van der Waals surface area contributed by atoms with E-state index in [0.29, 0.717) is 22.9 Å². The molecule has 0 bridgehead atoms. The van der Waals surface area contributed by atoms with E-state index in [1.54, 1.807) is 10.5 Å². The van der Waals surface area contributed by atoms with Crippen molar-refractivity contribution in [3.05, 3.63) is 41.5 Å². The van der Waals surface area contributed by atoms with Crippen molar-refractivity contribution in [2.24, 2.45) is 0 Å². The van der Waals surface area contributed by atoms with Gasteiger partial charge in [0.2, 0.25) is 0 Å². The van der Waals surface area contributed by atoms with E-state index in [1.165, 1.54) is 12.1 Å². The number of fused-ring (bicyclic) bond motifs is 1. The highest BCUT2D eigenvalue weighted by Gasteiger charge is 2.14. The quantitative estimate of drug-likeness (QED) is 0.678. The number of halogens is 1. The molecular weight excluding hydrogens is 245 g/mol. The molecule has 6 heteroatoms. The van der Waals surface area contributed by atoms with Gasteiger partial charge in [-0.3, -0.25) is 4.40 Å². The first kappa shape index (κ1) is 11.6. The van der Waals surface area contributed by atoms with Crippen molar-refractivity contribution in [1.82, 2.24) is 19.6 Å². The van der Waals surface area contributed by atoms with Gasteiger partial charge in [0.25, 0.3) is 5.78 Å². The molecule has 0 unspecified atom stereocenters. The summed E-state index contributed by atoms with van der Waals surface area (Å²) in [4.78, 5) is 4.30. The van der Waals surface area contributed by atoms with Crippen LogP contribution in [-0.4, -0.2) is 19.6 Å². The molecule has 0 fully saturated rings. The Bertz CT molecular complexity index is 778. The van der Waals surface area contributed by atoms with Crippen LogP contribution in [0.3, 0.4) is 0 Å². The molecule has 0 aliphatic carbocycles. The van der Waals surface area contributed by atoms with Gasteiger partial charge < -0.3 is 5.73 Å². The van der Waals surface area contributed by atoms with Crippen LogP contribution < -0.4 is 5.73 Å². The van der Waals surface area contributed by atoms with E-state index in [2.05, 4.69) is 15.2 Å². The minimum atomic E-state index is -0.374. The maximum atomic E-state index is 13.1. The molecule has 0 aliphatic rings. The number of hydrogen-bond donors (Lipinski definition) is 1. The lowest BCUT2D eigenvalue weighted by Crippen LogP contribution is -2.00. The molecule has 96 valence electrons. The van der Waals surface area contributed by atoms with Gasteiger partial charge in [-0.25, -0.2) is 9.37 Å². The standard InChI is InChI=1S/C13H12FN5/c1-7-5-8(2)19-12(17-18-13(19)16-7)10-4-3-9(14)6-11(10)15/h3-6H,15H2,1-2H3. The van der Waals surface area contributed by atoms with Gasteiger partial charge in [-0.05, 0) is 38.1 Å². The van der Waals surface area contributed by atoms with Gasteiger partial charge in [-0.15, -0.1) is 10.2 Å². The Morgan fingerprint density at radius 3 is 2.68 bits per heavy atom. The lowest BCUT2D eigenvalue weighted by Gasteiger charge is -2.06. The van der Waals surface area contributed by atoms with Crippen LogP contribution in [0.25, 0.3) is 17.2 Å². The number of nitrogens with two attached hydrogens (primary N) is 1. The molecule has 5 nitrogen and oxygen atoms in total. The van der Waals surface area contributed by atoms with Gasteiger partial charge in [0.15, 0.2) is 5.82 Å². The number of hydrogen-bond acceptors (Lipinski definition) is 4. The van der Waals surface area contributed by atoms with Crippen LogP contribution in [0.4, 0.5) is 10.1 Å². The van der Waals surface area contributed by atoms with Gasteiger partial charge in [-0.1, -0.05) is 0 Å². The molecule has 0 radical (unpaired) electrons. The molecule has 0 saturated heterocycles. The molecule has 0 spiro atoms. The van der Waals surface area contributed by atoms with E-state index in [9.17, 15) is 4.39 Å². The summed E-state index contributed by atoms with van der Waals surface area (Å²) in [5.74, 6) is 0.703. The highest BCUT2D eigenvalue weighted by molar-refractivity contribution is 5.72. The molecule has 19 heavy (non-hydrogen) atoms. The van der Waals surface area contributed by atoms with E-state index in [4.69, 9.17) is 5.73 Å². The van der Waals surface area contributed by atoms with Crippen molar-refractivity contribution in [2.45, 2.75) is 13.8 Å². The van der Waals surface area contributed by atoms with Crippen molar-refractivity contribution in [3.8, 4) is 11.4 Å². The van der Waals surface area contributed by atoms with Crippen molar-refractivity contribution in [3.63, 3.8) is 0 Å². The summed E-state index contributed by atoms with van der Waals surface area (Å²) in [5, 5.41) is 8.14. The SMILES string of the molecule is Cc1cc(C)n2c(-c3ccc(F)cc3N)nnc2n1. The minimum absolute atomic E-state index is 0.328. The topological polar surface area (TPSA) is 69.1 Å². The monoisotopic (exact) mass is 257 g/mol. The average molecular weight is 257 g/mol. The van der Waals surface area contributed by atoms with Crippen LogP contribution in [0.2, 0.25) is 0 Å². The van der Waals surface area contributed by atoms with Crippen LogP contribution in [0, 0.1) is 19.7 Å². The minimum Gasteiger partial charge on any atom is -0.398 e. The van der Waals surface area contributed by atoms with E-state index >= 15 is 0 Å². The third-order valence-electron chi connectivity index (χ3n) is 2.95. The van der Waals surface area contributed by atoms with Crippen molar-refractivity contribution >= 4 is 11.5 Å². The van der Waals surface area contributed by atoms with Crippen LogP contribution >= 0.6 is 0 Å². The molecule has 2 heterocycles. The van der Waals surface area contributed by atoms with Gasteiger partial charge in [0, 0.05) is 22.6 Å². The molecule has 3 aromatic rings. The van der Waals surface area contributed by atoms with Crippen molar-refractivity contribution < 1.29 is 4.39 Å². The Balaban J connectivity index is 2.31. The Morgan fingerprint density at radius 1 is 1.16 bits per heavy atom. The summed E-state index contributed by atoms with van der Waals surface area (Å²) in [6.45, 7) is 3.84. The van der Waals surface area contributed by atoms with Crippen LogP contribution in [-0.2, 0) is 0 Å². The normalized spacial score (nSPS) is 11.1. The fourth-order valence-electron chi connectivity index (χ4n) is 2.14. The van der Waals surface area contributed by atoms with Gasteiger partial charge >= 0.3 is 0 Å². The number of benzene rings is 1. The number of aromatic nitrogens is 4. The zero-order valence-electron chi connectivity index (χ0n) is 10.6. The summed E-state index contributed by atoms with van der Waals surface area (Å²) >= 11 is 0. The Hall–Kier alpha value is -2.50. The average Bonchev–Trinajstić information content (AvgIpc) is 2.72. The van der Waals surface area contributed by atoms with E-state index in [0.717, 1.165) is 11.4 Å². The Kier molecular flexibility index (Phi) is 2.45. The largest absolute Gasteiger partial charge is 0.398 e. The zero-order valence-corrected chi connectivity index (χ0v) is 10.6. The summed E-state index contributed by atoms with van der Waals surface area (Å²) in [6.07, 6.45) is 0. The highest BCUT2D eigenvalue weighted by atomic mass is 19.1. The van der Waals surface area contributed by atoms with Crippen LogP contribution in [0.1, 0.15) is 11.4 Å². The van der Waals surface area contributed by atoms with E-state index < -0.39 is 0 Å². The zero-order chi connectivity index (χ0) is 13.6. The van der Waals surface area contributed by atoms with E-state index in [1.807, 2.05) is 19.9 Å². The molecular formula is C13H12FN5. The van der Waals surface area contributed by atoms with Gasteiger partial charge in [-0.2, -0.15) is 0 Å². The number of rotatable bonds is 1. The molecule has 2 aromatic heterocycles. The maximum absolute atomic E-state index is 13.1. The Labute approximate surface area is 108 Å². The fraction of sp³-hybridized carbons (Fsp3) is 0.154. The molecule has 2 N–H and O–H groups in total. The molecule has 0 amide bonds. The van der Waals surface area contributed by atoms with Gasteiger partial charge in [0.05, 0.1) is 0 Å². The Morgan fingerprint density at radius 2 is 1.95 bits per heavy atom. The van der Waals surface area contributed by atoms with E-state index in [-0.39, 0.29) is 5.82 Å². The first-order valence-electron chi connectivity index (χ1n) is 5.81. The summed E-state index contributed by atoms with van der Waals surface area (Å²) in [6, 6.07) is 6.15. The molecule has 0 saturated carbocycles. The molecule has 0 atom stereocenters. The van der Waals surface area contributed by atoms with Gasteiger partial charge in [0.1, 0.15) is 5.82 Å².